The fourth-order valence-corrected chi connectivity index (χ4v) is 1.97. The highest BCUT2D eigenvalue weighted by Crippen LogP contribution is 2.11. The van der Waals surface area contributed by atoms with Gasteiger partial charge >= 0.3 is 0 Å². The first-order valence-corrected chi connectivity index (χ1v) is 6.77. The van der Waals surface area contributed by atoms with Gasteiger partial charge in [0.25, 0.3) is 0 Å². The zero-order valence-corrected chi connectivity index (χ0v) is 11.3. The van der Waals surface area contributed by atoms with Gasteiger partial charge in [-0.05, 0) is 31.4 Å². The van der Waals surface area contributed by atoms with Crippen molar-refractivity contribution in [2.24, 2.45) is 5.92 Å². The third kappa shape index (κ3) is 4.52. The summed E-state index contributed by atoms with van der Waals surface area (Å²) >= 11 is 0. The first kappa shape index (κ1) is 13.8. The quantitative estimate of drug-likeness (QED) is 0.760. The van der Waals surface area contributed by atoms with Crippen LogP contribution in [0.2, 0.25) is 0 Å². The maximum atomic E-state index is 11.7. The molecule has 0 aliphatic carbocycles. The lowest BCUT2D eigenvalue weighted by Gasteiger charge is -2.10. The first-order valence-electron chi connectivity index (χ1n) is 6.77. The molecule has 0 bridgehead atoms. The van der Waals surface area contributed by atoms with Crippen molar-refractivity contribution in [3.63, 3.8) is 0 Å². The van der Waals surface area contributed by atoms with Crippen molar-refractivity contribution in [1.82, 2.24) is 10.3 Å². The van der Waals surface area contributed by atoms with Crippen molar-refractivity contribution in [2.75, 3.05) is 31.6 Å². The molecule has 1 aliphatic rings. The maximum Gasteiger partial charge on any atom is 0.225 e. The number of nitrogens with one attached hydrogen (secondary N) is 2. The Morgan fingerprint density at radius 2 is 2.37 bits per heavy atom. The van der Waals surface area contributed by atoms with E-state index < -0.39 is 0 Å². The van der Waals surface area contributed by atoms with Crippen molar-refractivity contribution in [3.8, 4) is 0 Å². The first-order chi connectivity index (χ1) is 9.25. The Morgan fingerprint density at radius 1 is 1.47 bits per heavy atom. The number of nitrogens with zero attached hydrogens (tertiary/aromatic N) is 1. The van der Waals surface area contributed by atoms with E-state index in [9.17, 15) is 4.79 Å². The van der Waals surface area contributed by atoms with Crippen LogP contribution < -0.4 is 10.6 Å². The molecule has 1 aliphatic heterocycles. The minimum Gasteiger partial charge on any atom is -0.381 e. The van der Waals surface area contributed by atoms with Gasteiger partial charge in [0.05, 0.1) is 12.5 Å². The van der Waals surface area contributed by atoms with Crippen molar-refractivity contribution in [3.05, 3.63) is 23.9 Å². The van der Waals surface area contributed by atoms with E-state index in [0.29, 0.717) is 19.8 Å². The predicted molar refractivity (Wildman–Crippen MR) is 74.0 cm³/mol. The number of carbonyl (C=O) groups is 1. The molecule has 104 valence electrons. The van der Waals surface area contributed by atoms with Crippen LogP contribution in [0.25, 0.3) is 0 Å². The molecule has 1 amide bonds. The summed E-state index contributed by atoms with van der Waals surface area (Å²) in [5.41, 5.74) is 1.15. The number of rotatable bonds is 6. The molecule has 2 heterocycles. The molecule has 0 saturated carbocycles. The normalized spacial score (nSPS) is 18.3. The second-order valence-electron chi connectivity index (χ2n) is 4.85. The number of hydrogen-bond donors (Lipinski definition) is 2. The molecule has 0 aromatic carbocycles. The Kier molecular flexibility index (Phi) is 5.15. The van der Waals surface area contributed by atoms with Gasteiger partial charge in [0.1, 0.15) is 5.82 Å². The van der Waals surface area contributed by atoms with Crippen LogP contribution in [-0.4, -0.2) is 37.2 Å². The molecule has 1 fully saturated rings. The third-order valence-corrected chi connectivity index (χ3v) is 3.17. The topological polar surface area (TPSA) is 63.2 Å². The lowest BCUT2D eigenvalue weighted by Crippen LogP contribution is -2.32. The largest absolute Gasteiger partial charge is 0.381 e. The number of anilines is 1. The van der Waals surface area contributed by atoms with Crippen LogP contribution in [0.4, 0.5) is 5.82 Å². The Balaban J connectivity index is 1.56. The summed E-state index contributed by atoms with van der Waals surface area (Å²) in [6.07, 6.45) is 3.57. The summed E-state index contributed by atoms with van der Waals surface area (Å²) in [4.78, 5) is 16.0. The molecule has 0 spiro atoms. The monoisotopic (exact) mass is 263 g/mol. The standard InChI is InChI=1S/C14H21N3O2/c1-11-3-4-13(17-9-11)15-6-2-7-16-14(18)12-5-8-19-10-12/h3-4,9,12H,2,5-8,10H2,1H3,(H,15,17)(H,16,18). The van der Waals surface area contributed by atoms with Crippen molar-refractivity contribution in [2.45, 2.75) is 19.8 Å². The fraction of sp³-hybridized carbons (Fsp3) is 0.571. The summed E-state index contributed by atoms with van der Waals surface area (Å²) in [5.74, 6) is 1.04. The molecule has 1 unspecified atom stereocenters. The van der Waals surface area contributed by atoms with E-state index in [-0.39, 0.29) is 11.8 Å². The lowest BCUT2D eigenvalue weighted by molar-refractivity contribution is -0.124. The number of pyridine rings is 1. The molecule has 2 N–H and O–H groups in total. The van der Waals surface area contributed by atoms with E-state index >= 15 is 0 Å². The summed E-state index contributed by atoms with van der Waals surface area (Å²) in [7, 11) is 0. The second-order valence-corrected chi connectivity index (χ2v) is 4.85. The molecule has 19 heavy (non-hydrogen) atoms. The Morgan fingerprint density at radius 3 is 3.05 bits per heavy atom. The molecule has 1 aromatic heterocycles. The molecule has 1 aromatic rings. The SMILES string of the molecule is Cc1ccc(NCCCNC(=O)C2CCOC2)nc1. The average Bonchev–Trinajstić information content (AvgIpc) is 2.94. The van der Waals surface area contributed by atoms with Gasteiger partial charge in [0.2, 0.25) is 5.91 Å². The molecule has 5 nitrogen and oxygen atoms in total. The summed E-state index contributed by atoms with van der Waals surface area (Å²) < 4.78 is 5.19. The zero-order valence-electron chi connectivity index (χ0n) is 11.3. The van der Waals surface area contributed by atoms with E-state index in [0.717, 1.165) is 30.8 Å². The van der Waals surface area contributed by atoms with Gasteiger partial charge < -0.3 is 15.4 Å². The van der Waals surface area contributed by atoms with Gasteiger partial charge in [-0.15, -0.1) is 0 Å². The molecular formula is C14H21N3O2. The molecule has 1 saturated heterocycles. The van der Waals surface area contributed by atoms with Gasteiger partial charge in [0, 0.05) is 25.9 Å². The highest BCUT2D eigenvalue weighted by molar-refractivity contribution is 5.78. The van der Waals surface area contributed by atoms with E-state index in [4.69, 9.17) is 4.74 Å². The maximum absolute atomic E-state index is 11.7. The van der Waals surface area contributed by atoms with Crippen molar-refractivity contribution >= 4 is 11.7 Å². The summed E-state index contributed by atoms with van der Waals surface area (Å²) in [5, 5.41) is 6.17. The minimum absolute atomic E-state index is 0.0479. The summed E-state index contributed by atoms with van der Waals surface area (Å²) in [6, 6.07) is 3.99. The summed E-state index contributed by atoms with van der Waals surface area (Å²) in [6.45, 7) is 4.78. The van der Waals surface area contributed by atoms with Gasteiger partial charge in [-0.25, -0.2) is 4.98 Å². The highest BCUT2D eigenvalue weighted by atomic mass is 16.5. The van der Waals surface area contributed by atoms with Crippen LogP contribution in [0.5, 0.6) is 0 Å². The van der Waals surface area contributed by atoms with E-state index in [1.54, 1.807) is 0 Å². The van der Waals surface area contributed by atoms with Crippen LogP contribution in [0, 0.1) is 12.8 Å². The molecular weight excluding hydrogens is 242 g/mol. The fourth-order valence-electron chi connectivity index (χ4n) is 1.97. The third-order valence-electron chi connectivity index (χ3n) is 3.17. The van der Waals surface area contributed by atoms with Crippen molar-refractivity contribution in [1.29, 1.82) is 0 Å². The Labute approximate surface area is 113 Å². The number of aromatic nitrogens is 1. The van der Waals surface area contributed by atoms with Crippen LogP contribution in [-0.2, 0) is 9.53 Å². The zero-order chi connectivity index (χ0) is 13.5. The number of amides is 1. The van der Waals surface area contributed by atoms with E-state index in [2.05, 4.69) is 15.6 Å². The molecule has 1 atom stereocenters. The Hall–Kier alpha value is -1.62. The van der Waals surface area contributed by atoms with Crippen LogP contribution in [0.1, 0.15) is 18.4 Å². The van der Waals surface area contributed by atoms with Gasteiger partial charge in [-0.1, -0.05) is 6.07 Å². The van der Waals surface area contributed by atoms with Crippen molar-refractivity contribution < 1.29 is 9.53 Å². The molecule has 5 heteroatoms. The Bertz CT molecular complexity index is 400. The highest BCUT2D eigenvalue weighted by Gasteiger charge is 2.22. The number of carbonyl (C=O) groups excluding carboxylic acids is 1. The van der Waals surface area contributed by atoms with E-state index in [1.807, 2.05) is 25.3 Å². The van der Waals surface area contributed by atoms with Gasteiger partial charge in [-0.3, -0.25) is 4.79 Å². The smallest absolute Gasteiger partial charge is 0.225 e. The molecule has 2 rings (SSSR count). The number of aryl methyl sites for hydroxylation is 1. The van der Waals surface area contributed by atoms with Gasteiger partial charge in [-0.2, -0.15) is 0 Å². The average molecular weight is 263 g/mol. The number of ether oxygens (including phenoxy) is 1. The van der Waals surface area contributed by atoms with E-state index in [1.165, 1.54) is 0 Å². The lowest BCUT2D eigenvalue weighted by atomic mass is 10.1. The van der Waals surface area contributed by atoms with Crippen LogP contribution in [0.15, 0.2) is 18.3 Å². The van der Waals surface area contributed by atoms with Crippen LogP contribution in [0.3, 0.4) is 0 Å². The van der Waals surface area contributed by atoms with Crippen LogP contribution >= 0.6 is 0 Å². The second kappa shape index (κ2) is 7.09. The molecule has 0 radical (unpaired) electrons. The van der Waals surface area contributed by atoms with Gasteiger partial charge in [0.15, 0.2) is 0 Å². The number of hydrogen-bond acceptors (Lipinski definition) is 4. The predicted octanol–water partition coefficient (Wildman–Crippen LogP) is 1.34. The minimum atomic E-state index is 0.0479.